The van der Waals surface area contributed by atoms with Crippen molar-refractivity contribution in [2.24, 2.45) is 5.92 Å². The van der Waals surface area contributed by atoms with Crippen LogP contribution in [-0.4, -0.2) is 35.2 Å². The van der Waals surface area contributed by atoms with Gasteiger partial charge in [-0.15, -0.1) is 0 Å². The van der Waals surface area contributed by atoms with Crippen molar-refractivity contribution in [2.75, 3.05) is 13.1 Å². The normalized spacial score (nSPS) is 34.9. The Morgan fingerprint density at radius 2 is 1.69 bits per heavy atom. The highest BCUT2D eigenvalue weighted by molar-refractivity contribution is 4.84. The van der Waals surface area contributed by atoms with Gasteiger partial charge in [0.1, 0.15) is 0 Å². The van der Waals surface area contributed by atoms with E-state index in [0.717, 1.165) is 12.3 Å². The first-order valence-corrected chi connectivity index (χ1v) is 7.23. The lowest BCUT2D eigenvalue weighted by Crippen LogP contribution is -2.47. The Hall–Kier alpha value is -0.0800. The summed E-state index contributed by atoms with van der Waals surface area (Å²) in [4.78, 5) is 2.57. The Morgan fingerprint density at radius 1 is 1.00 bits per heavy atom. The topological polar surface area (TPSA) is 23.5 Å². The second kappa shape index (κ2) is 6.02. The molecule has 0 bridgehead atoms. The molecule has 2 aliphatic rings. The second-order valence-electron chi connectivity index (χ2n) is 5.66. The summed E-state index contributed by atoms with van der Waals surface area (Å²) in [5.41, 5.74) is 0. The fraction of sp³-hybridized carbons (Fsp3) is 1.00. The molecule has 0 radical (unpaired) electrons. The number of nitrogens with zero attached hydrogens (tertiary/aromatic N) is 1. The maximum atomic E-state index is 10.2. The van der Waals surface area contributed by atoms with E-state index in [1.807, 2.05) is 0 Å². The molecular formula is C14H27NO. The zero-order chi connectivity index (χ0) is 11.4. The summed E-state index contributed by atoms with van der Waals surface area (Å²) in [5, 5.41) is 10.2. The van der Waals surface area contributed by atoms with Gasteiger partial charge in [0.25, 0.3) is 0 Å². The summed E-state index contributed by atoms with van der Waals surface area (Å²) in [6.45, 7) is 4.75. The summed E-state index contributed by atoms with van der Waals surface area (Å²) in [5.74, 6) is 0.944. The van der Waals surface area contributed by atoms with E-state index in [1.54, 1.807) is 0 Å². The predicted octanol–water partition coefficient (Wildman–Crippen LogP) is 2.80. The zero-order valence-electron chi connectivity index (χ0n) is 10.7. The number of aliphatic hydroxyl groups is 1. The highest BCUT2D eigenvalue weighted by Gasteiger charge is 2.29. The standard InChI is InChI=1S/C14H27NO/c1-2-12-8-10-15(11-9-12)13-6-4-3-5-7-14(13)16/h12-14,16H,2-11H2,1H3. The first kappa shape index (κ1) is 12.4. The van der Waals surface area contributed by atoms with Crippen molar-refractivity contribution in [1.82, 2.24) is 4.90 Å². The molecule has 0 spiro atoms. The Bertz CT molecular complexity index is 199. The predicted molar refractivity (Wildman–Crippen MR) is 67.5 cm³/mol. The van der Waals surface area contributed by atoms with E-state index >= 15 is 0 Å². The Kier molecular flexibility index (Phi) is 4.66. The van der Waals surface area contributed by atoms with Gasteiger partial charge in [-0.05, 0) is 44.7 Å². The lowest BCUT2D eigenvalue weighted by molar-refractivity contribution is 0.0248. The molecule has 1 aliphatic carbocycles. The van der Waals surface area contributed by atoms with Crippen LogP contribution in [0, 0.1) is 5.92 Å². The molecule has 2 nitrogen and oxygen atoms in total. The minimum absolute atomic E-state index is 0.0549. The van der Waals surface area contributed by atoms with Gasteiger partial charge in [0.15, 0.2) is 0 Å². The van der Waals surface area contributed by atoms with Crippen molar-refractivity contribution in [3.05, 3.63) is 0 Å². The van der Waals surface area contributed by atoms with Gasteiger partial charge in [-0.1, -0.05) is 32.6 Å². The SMILES string of the molecule is CCC1CCN(C2CCCCCC2O)CC1. The van der Waals surface area contributed by atoms with E-state index in [0.29, 0.717) is 6.04 Å². The van der Waals surface area contributed by atoms with Gasteiger partial charge in [-0.2, -0.15) is 0 Å². The molecule has 1 N–H and O–H groups in total. The highest BCUT2D eigenvalue weighted by atomic mass is 16.3. The molecule has 2 heteroatoms. The number of piperidine rings is 1. The third kappa shape index (κ3) is 2.98. The Balaban J connectivity index is 1.86. The van der Waals surface area contributed by atoms with Gasteiger partial charge in [-0.3, -0.25) is 4.90 Å². The Morgan fingerprint density at radius 3 is 2.38 bits per heavy atom. The van der Waals surface area contributed by atoms with Gasteiger partial charge >= 0.3 is 0 Å². The van der Waals surface area contributed by atoms with Crippen LogP contribution >= 0.6 is 0 Å². The van der Waals surface area contributed by atoms with E-state index < -0.39 is 0 Å². The van der Waals surface area contributed by atoms with Crippen molar-refractivity contribution >= 4 is 0 Å². The van der Waals surface area contributed by atoms with Gasteiger partial charge in [0, 0.05) is 6.04 Å². The van der Waals surface area contributed by atoms with E-state index in [-0.39, 0.29) is 6.10 Å². The number of hydrogen-bond acceptors (Lipinski definition) is 2. The lowest BCUT2D eigenvalue weighted by Gasteiger charge is -2.39. The minimum atomic E-state index is -0.0549. The van der Waals surface area contributed by atoms with Crippen LogP contribution in [0.25, 0.3) is 0 Å². The second-order valence-corrected chi connectivity index (χ2v) is 5.66. The summed E-state index contributed by atoms with van der Waals surface area (Å²) in [6, 6.07) is 0.473. The molecule has 16 heavy (non-hydrogen) atoms. The molecule has 2 atom stereocenters. The number of rotatable bonds is 2. The van der Waals surface area contributed by atoms with Gasteiger partial charge in [0.2, 0.25) is 0 Å². The molecule has 1 heterocycles. The molecule has 0 aromatic rings. The van der Waals surface area contributed by atoms with Crippen LogP contribution in [0.4, 0.5) is 0 Å². The van der Waals surface area contributed by atoms with Crippen molar-refractivity contribution in [2.45, 2.75) is 70.4 Å². The molecular weight excluding hydrogens is 198 g/mol. The Labute approximate surface area is 100 Å². The third-order valence-corrected chi connectivity index (χ3v) is 4.64. The van der Waals surface area contributed by atoms with Gasteiger partial charge in [0.05, 0.1) is 6.10 Å². The van der Waals surface area contributed by atoms with Crippen LogP contribution in [0.3, 0.4) is 0 Å². The van der Waals surface area contributed by atoms with Crippen LogP contribution < -0.4 is 0 Å². The van der Waals surface area contributed by atoms with Crippen LogP contribution in [0.15, 0.2) is 0 Å². The molecule has 2 unspecified atom stereocenters. The first-order valence-electron chi connectivity index (χ1n) is 7.23. The van der Waals surface area contributed by atoms with E-state index in [4.69, 9.17) is 0 Å². The van der Waals surface area contributed by atoms with Gasteiger partial charge in [-0.25, -0.2) is 0 Å². The molecule has 2 fully saturated rings. The first-order chi connectivity index (χ1) is 7.81. The van der Waals surface area contributed by atoms with E-state index in [2.05, 4.69) is 11.8 Å². The molecule has 0 amide bonds. The highest BCUT2D eigenvalue weighted by Crippen LogP contribution is 2.27. The quantitative estimate of drug-likeness (QED) is 0.731. The minimum Gasteiger partial charge on any atom is -0.391 e. The third-order valence-electron chi connectivity index (χ3n) is 4.64. The van der Waals surface area contributed by atoms with Crippen molar-refractivity contribution in [3.8, 4) is 0 Å². The maximum Gasteiger partial charge on any atom is 0.0695 e. The zero-order valence-corrected chi connectivity index (χ0v) is 10.7. The number of hydrogen-bond donors (Lipinski definition) is 1. The van der Waals surface area contributed by atoms with Crippen LogP contribution in [-0.2, 0) is 0 Å². The summed E-state index contributed by atoms with van der Waals surface area (Å²) in [6.07, 6.45) is 10.1. The lowest BCUT2D eigenvalue weighted by atomic mass is 9.92. The molecule has 1 aliphatic heterocycles. The molecule has 0 aromatic heterocycles. The summed E-state index contributed by atoms with van der Waals surface area (Å²) < 4.78 is 0. The van der Waals surface area contributed by atoms with Crippen LogP contribution in [0.5, 0.6) is 0 Å². The fourth-order valence-corrected chi connectivity index (χ4v) is 3.39. The number of aliphatic hydroxyl groups excluding tert-OH is 1. The van der Waals surface area contributed by atoms with Crippen molar-refractivity contribution < 1.29 is 5.11 Å². The molecule has 1 saturated heterocycles. The van der Waals surface area contributed by atoms with Crippen LogP contribution in [0.1, 0.15) is 58.3 Å². The molecule has 0 aromatic carbocycles. The van der Waals surface area contributed by atoms with E-state index in [1.165, 1.54) is 58.0 Å². The monoisotopic (exact) mass is 225 g/mol. The molecule has 94 valence electrons. The average molecular weight is 225 g/mol. The van der Waals surface area contributed by atoms with Crippen molar-refractivity contribution in [3.63, 3.8) is 0 Å². The largest absolute Gasteiger partial charge is 0.391 e. The van der Waals surface area contributed by atoms with Crippen molar-refractivity contribution in [1.29, 1.82) is 0 Å². The summed E-state index contributed by atoms with van der Waals surface area (Å²) in [7, 11) is 0. The van der Waals surface area contributed by atoms with E-state index in [9.17, 15) is 5.11 Å². The van der Waals surface area contributed by atoms with Gasteiger partial charge < -0.3 is 5.11 Å². The maximum absolute atomic E-state index is 10.2. The van der Waals surface area contributed by atoms with Crippen LogP contribution in [0.2, 0.25) is 0 Å². The average Bonchev–Trinajstić information content (AvgIpc) is 2.54. The smallest absolute Gasteiger partial charge is 0.0695 e. The molecule has 1 saturated carbocycles. The summed E-state index contributed by atoms with van der Waals surface area (Å²) >= 11 is 0. The fourth-order valence-electron chi connectivity index (χ4n) is 3.39. The molecule has 2 rings (SSSR count). The number of likely N-dealkylation sites (tertiary alicyclic amines) is 1.